The molecule has 3 rings (SSSR count). The van der Waals surface area contributed by atoms with Crippen molar-refractivity contribution in [2.24, 2.45) is 5.92 Å². The average molecular weight is 486 g/mol. The molecule has 2 aromatic carbocycles. The first-order valence-corrected chi connectivity index (χ1v) is 11.6. The van der Waals surface area contributed by atoms with Gasteiger partial charge in [-0.2, -0.15) is 0 Å². The normalized spacial score (nSPS) is 11.6. The van der Waals surface area contributed by atoms with E-state index < -0.39 is 23.8 Å². The lowest BCUT2D eigenvalue weighted by molar-refractivity contribution is -0.124. The summed E-state index contributed by atoms with van der Waals surface area (Å²) in [5.41, 5.74) is 6.23. The summed E-state index contributed by atoms with van der Waals surface area (Å²) >= 11 is 7.56. The fraction of sp³-hybridized carbons (Fsp3) is 0.208. The van der Waals surface area contributed by atoms with Crippen molar-refractivity contribution in [3.05, 3.63) is 88.8 Å². The van der Waals surface area contributed by atoms with E-state index in [1.54, 1.807) is 43.8 Å². The number of thioether (sulfide) groups is 1. The Kier molecular flexibility index (Phi) is 8.57. The molecule has 1 aromatic heterocycles. The van der Waals surface area contributed by atoms with Gasteiger partial charge in [0.05, 0.1) is 6.26 Å². The van der Waals surface area contributed by atoms with Crippen LogP contribution in [0, 0.1) is 5.92 Å². The molecule has 0 bridgehead atoms. The third-order valence-corrected chi connectivity index (χ3v) is 6.05. The minimum atomic E-state index is -0.852. The molecule has 0 radical (unpaired) electrons. The molecule has 3 amide bonds. The van der Waals surface area contributed by atoms with Crippen molar-refractivity contribution in [2.75, 3.05) is 0 Å². The Balaban J connectivity index is 1.50. The number of carbonyl (C=O) groups is 3. The smallest absolute Gasteiger partial charge is 0.287 e. The van der Waals surface area contributed by atoms with E-state index in [0.717, 1.165) is 16.2 Å². The van der Waals surface area contributed by atoms with Crippen LogP contribution in [0.15, 0.2) is 76.2 Å². The van der Waals surface area contributed by atoms with Crippen LogP contribution in [0.2, 0.25) is 5.02 Å². The zero-order valence-electron chi connectivity index (χ0n) is 18.1. The molecule has 3 N–H and O–H groups in total. The number of furan rings is 1. The van der Waals surface area contributed by atoms with Crippen LogP contribution >= 0.6 is 23.4 Å². The molecule has 1 heterocycles. The molecule has 0 aliphatic carbocycles. The van der Waals surface area contributed by atoms with Gasteiger partial charge in [-0.1, -0.05) is 37.6 Å². The van der Waals surface area contributed by atoms with Crippen LogP contribution < -0.4 is 16.2 Å². The fourth-order valence-electron chi connectivity index (χ4n) is 2.87. The van der Waals surface area contributed by atoms with Crippen LogP contribution in [0.25, 0.3) is 0 Å². The molecule has 0 fully saturated rings. The maximum Gasteiger partial charge on any atom is 0.287 e. The van der Waals surface area contributed by atoms with E-state index in [1.165, 1.54) is 12.3 Å². The second-order valence-electron chi connectivity index (χ2n) is 7.56. The molecule has 3 aromatic rings. The van der Waals surface area contributed by atoms with Gasteiger partial charge in [0, 0.05) is 21.2 Å². The summed E-state index contributed by atoms with van der Waals surface area (Å²) in [5.74, 6) is -0.863. The Hall–Kier alpha value is -3.23. The van der Waals surface area contributed by atoms with E-state index in [0.29, 0.717) is 10.6 Å². The highest BCUT2D eigenvalue weighted by Gasteiger charge is 2.26. The maximum absolute atomic E-state index is 12.5. The van der Waals surface area contributed by atoms with Crippen LogP contribution in [0.1, 0.15) is 40.3 Å². The number of carbonyl (C=O) groups excluding carboxylic acids is 3. The number of amides is 3. The second kappa shape index (κ2) is 11.6. The SMILES string of the molecule is CC(C)[C@H](NC(=O)c1ccco1)C(=O)NNC(=O)c1ccc(CSc2ccc(Cl)cc2)cc1. The molecule has 0 saturated heterocycles. The van der Waals surface area contributed by atoms with Crippen molar-refractivity contribution < 1.29 is 18.8 Å². The Bertz CT molecular complexity index is 1080. The lowest BCUT2D eigenvalue weighted by atomic mass is 10.0. The molecule has 0 spiro atoms. The molecule has 33 heavy (non-hydrogen) atoms. The highest BCUT2D eigenvalue weighted by molar-refractivity contribution is 7.98. The quantitative estimate of drug-likeness (QED) is 0.323. The van der Waals surface area contributed by atoms with Gasteiger partial charge >= 0.3 is 0 Å². The van der Waals surface area contributed by atoms with Crippen molar-refractivity contribution in [1.29, 1.82) is 0 Å². The average Bonchev–Trinajstić information content (AvgIpc) is 3.35. The van der Waals surface area contributed by atoms with Crippen LogP contribution in [0.4, 0.5) is 0 Å². The van der Waals surface area contributed by atoms with Gasteiger partial charge in [-0.3, -0.25) is 25.2 Å². The summed E-state index contributed by atoms with van der Waals surface area (Å²) in [7, 11) is 0. The molecule has 172 valence electrons. The summed E-state index contributed by atoms with van der Waals surface area (Å²) in [6, 6.07) is 16.9. The Labute approximate surface area is 201 Å². The summed E-state index contributed by atoms with van der Waals surface area (Å²) in [5, 5.41) is 3.31. The van der Waals surface area contributed by atoms with Crippen LogP contribution in [-0.2, 0) is 10.5 Å². The first-order valence-electron chi connectivity index (χ1n) is 10.3. The largest absolute Gasteiger partial charge is 0.459 e. The number of rotatable bonds is 8. The van der Waals surface area contributed by atoms with Crippen LogP contribution in [0.5, 0.6) is 0 Å². The van der Waals surface area contributed by atoms with Crippen LogP contribution in [0.3, 0.4) is 0 Å². The van der Waals surface area contributed by atoms with Crippen molar-refractivity contribution in [2.45, 2.75) is 30.5 Å². The summed E-state index contributed by atoms with van der Waals surface area (Å²) in [6.45, 7) is 3.57. The number of hydrogen-bond donors (Lipinski definition) is 3. The third kappa shape index (κ3) is 7.13. The lowest BCUT2D eigenvalue weighted by Crippen LogP contribution is -2.54. The lowest BCUT2D eigenvalue weighted by Gasteiger charge is -2.21. The van der Waals surface area contributed by atoms with Gasteiger partial charge in [0.15, 0.2) is 5.76 Å². The number of benzene rings is 2. The van der Waals surface area contributed by atoms with E-state index in [4.69, 9.17) is 16.0 Å². The Morgan fingerprint density at radius 1 is 0.939 bits per heavy atom. The minimum absolute atomic E-state index is 0.104. The molecule has 7 nitrogen and oxygen atoms in total. The van der Waals surface area contributed by atoms with Gasteiger partial charge in [0.1, 0.15) is 6.04 Å². The van der Waals surface area contributed by atoms with E-state index in [9.17, 15) is 14.4 Å². The van der Waals surface area contributed by atoms with Gasteiger partial charge in [-0.05, 0) is 60.0 Å². The fourth-order valence-corrected chi connectivity index (χ4v) is 3.85. The van der Waals surface area contributed by atoms with Gasteiger partial charge in [0.25, 0.3) is 17.7 Å². The van der Waals surface area contributed by atoms with Gasteiger partial charge < -0.3 is 9.73 Å². The van der Waals surface area contributed by atoms with Gasteiger partial charge in [0.2, 0.25) is 0 Å². The topological polar surface area (TPSA) is 100 Å². The van der Waals surface area contributed by atoms with Crippen molar-refractivity contribution in [3.8, 4) is 0 Å². The zero-order valence-corrected chi connectivity index (χ0v) is 19.7. The second-order valence-corrected chi connectivity index (χ2v) is 9.04. The van der Waals surface area contributed by atoms with Crippen molar-refractivity contribution in [1.82, 2.24) is 16.2 Å². The number of halogens is 1. The van der Waals surface area contributed by atoms with Gasteiger partial charge in [-0.25, -0.2) is 0 Å². The number of hydrogen-bond acceptors (Lipinski definition) is 5. The third-order valence-electron chi connectivity index (χ3n) is 4.72. The molecule has 0 aliphatic heterocycles. The predicted octanol–water partition coefficient (Wildman–Crippen LogP) is 4.44. The number of nitrogens with one attached hydrogen (secondary N) is 3. The molecule has 0 aliphatic rings. The predicted molar refractivity (Wildman–Crippen MR) is 128 cm³/mol. The molecular weight excluding hydrogens is 462 g/mol. The van der Waals surface area contributed by atoms with E-state index in [-0.39, 0.29) is 11.7 Å². The Morgan fingerprint density at radius 3 is 2.24 bits per heavy atom. The highest BCUT2D eigenvalue weighted by atomic mass is 35.5. The van der Waals surface area contributed by atoms with Gasteiger partial charge in [-0.15, -0.1) is 11.8 Å². The first kappa shape index (κ1) is 24.4. The summed E-state index contributed by atoms with van der Waals surface area (Å²) < 4.78 is 5.05. The van der Waals surface area contributed by atoms with E-state index in [2.05, 4.69) is 16.2 Å². The standard InChI is InChI=1S/C24H24ClN3O4S/c1-15(2)21(26-23(30)20-4-3-13-32-20)24(31)28-27-22(29)17-7-5-16(6-8-17)14-33-19-11-9-18(25)10-12-19/h3-13,15,21H,14H2,1-2H3,(H,26,30)(H,27,29)(H,28,31)/t21-/m0/s1. The molecular formula is C24H24ClN3O4S. The van der Waals surface area contributed by atoms with Crippen LogP contribution in [-0.4, -0.2) is 23.8 Å². The molecule has 0 saturated carbocycles. The highest BCUT2D eigenvalue weighted by Crippen LogP contribution is 2.24. The van der Waals surface area contributed by atoms with E-state index in [1.807, 2.05) is 36.4 Å². The Morgan fingerprint density at radius 2 is 1.64 bits per heavy atom. The molecule has 1 atom stereocenters. The summed E-state index contributed by atoms with van der Waals surface area (Å²) in [4.78, 5) is 38.3. The number of hydrazine groups is 1. The maximum atomic E-state index is 12.5. The van der Waals surface area contributed by atoms with E-state index >= 15 is 0 Å². The molecule has 0 unspecified atom stereocenters. The zero-order chi connectivity index (χ0) is 23.8. The van der Waals surface area contributed by atoms with Crippen molar-refractivity contribution >= 4 is 41.1 Å². The monoisotopic (exact) mass is 485 g/mol. The van der Waals surface area contributed by atoms with Crippen molar-refractivity contribution in [3.63, 3.8) is 0 Å². The minimum Gasteiger partial charge on any atom is -0.459 e. The molecule has 9 heteroatoms. The summed E-state index contributed by atoms with van der Waals surface area (Å²) in [6.07, 6.45) is 1.38. The first-order chi connectivity index (χ1) is 15.8.